The number of hydrogen-bond acceptors (Lipinski definition) is 3. The highest BCUT2D eigenvalue weighted by atomic mass is 32.2. The van der Waals surface area contributed by atoms with Crippen molar-refractivity contribution in [1.82, 2.24) is 0 Å². The van der Waals surface area contributed by atoms with Crippen molar-refractivity contribution in [1.29, 1.82) is 0 Å². The fourth-order valence-electron chi connectivity index (χ4n) is 1.36. The molecular weight excluding hydrogens is 214 g/mol. The van der Waals surface area contributed by atoms with Crippen LogP contribution >= 0.6 is 0 Å². The number of nitrogens with zero attached hydrogens (tertiary/aromatic N) is 1. The van der Waals surface area contributed by atoms with Gasteiger partial charge in [-0.2, -0.15) is 0 Å². The second kappa shape index (κ2) is 3.96. The molecule has 1 aliphatic heterocycles. The van der Waals surface area contributed by atoms with E-state index < -0.39 is 16.7 Å². The van der Waals surface area contributed by atoms with E-state index in [1.54, 1.807) is 6.08 Å². The highest BCUT2D eigenvalue weighted by Gasteiger charge is 2.21. The first-order valence-corrected chi connectivity index (χ1v) is 5.49. The zero-order valence-corrected chi connectivity index (χ0v) is 8.82. The van der Waals surface area contributed by atoms with Crippen LogP contribution in [0.5, 0.6) is 0 Å². The lowest BCUT2D eigenvalue weighted by molar-refractivity contribution is -0.135. The summed E-state index contributed by atoms with van der Waals surface area (Å²) in [6.07, 6.45) is 1.72. The van der Waals surface area contributed by atoms with E-state index in [-0.39, 0.29) is 0 Å². The summed E-state index contributed by atoms with van der Waals surface area (Å²) < 4.78 is 8.22. The average Bonchev–Trinajstić information content (AvgIpc) is 2.53. The van der Waals surface area contributed by atoms with Crippen LogP contribution in [0.15, 0.2) is 38.8 Å². The minimum atomic E-state index is -0.869. The summed E-state index contributed by atoms with van der Waals surface area (Å²) in [4.78, 5) is 11.7. The summed E-state index contributed by atoms with van der Waals surface area (Å²) in [7, 11) is -0.869. The summed E-state index contributed by atoms with van der Waals surface area (Å²) >= 11 is 0. The smallest absolute Gasteiger partial charge is 0.308 e. The van der Waals surface area contributed by atoms with Gasteiger partial charge in [0.2, 0.25) is 0 Å². The molecule has 0 fully saturated rings. The molecule has 1 aliphatic rings. The Morgan fingerprint density at radius 2 is 2.20 bits per heavy atom. The molecule has 0 saturated heterocycles. The molecule has 15 heavy (non-hydrogen) atoms. The zero-order valence-electron chi connectivity index (χ0n) is 8.01. The van der Waals surface area contributed by atoms with Gasteiger partial charge in [0.25, 0.3) is 0 Å². The number of benzene rings is 1. The molecule has 0 spiro atoms. The first kappa shape index (κ1) is 10.1. The fourth-order valence-corrected chi connectivity index (χ4v) is 2.74. The van der Waals surface area contributed by atoms with E-state index in [1.165, 1.54) is 6.92 Å². The second-order valence-corrected chi connectivity index (χ2v) is 4.54. The fraction of sp³-hybridized carbons (Fsp3) is 0.100. The van der Waals surface area contributed by atoms with Crippen LogP contribution in [0.25, 0.3) is 6.08 Å². The Morgan fingerprint density at radius 3 is 2.87 bits per heavy atom. The van der Waals surface area contributed by atoms with Crippen LogP contribution in [0.3, 0.4) is 0 Å². The Morgan fingerprint density at radius 1 is 1.47 bits per heavy atom. The molecule has 0 radical (unpaired) electrons. The largest absolute Gasteiger partial charge is 0.418 e. The summed E-state index contributed by atoms with van der Waals surface area (Å²) in [5.41, 5.74) is 0.926. The van der Waals surface area contributed by atoms with E-state index in [0.717, 1.165) is 10.5 Å². The predicted octanol–water partition coefficient (Wildman–Crippen LogP) is 2.11. The summed E-state index contributed by atoms with van der Waals surface area (Å²) in [5.74, 6) is -0.407. The highest BCUT2D eigenvalue weighted by molar-refractivity contribution is 7.91. The first-order valence-electron chi connectivity index (χ1n) is 4.31. The molecule has 0 saturated carbocycles. The Bertz CT molecular complexity index is 479. The van der Waals surface area contributed by atoms with Gasteiger partial charge >= 0.3 is 5.97 Å². The molecule has 4 nitrogen and oxygen atoms in total. The molecule has 0 amide bonds. The third kappa shape index (κ3) is 1.84. The molecule has 0 bridgehead atoms. The summed E-state index contributed by atoms with van der Waals surface area (Å²) in [6, 6.07) is 7.47. The topological polar surface area (TPSA) is 58.9 Å². The summed E-state index contributed by atoms with van der Waals surface area (Å²) in [6.45, 7) is 1.32. The van der Waals surface area contributed by atoms with Crippen molar-refractivity contribution < 1.29 is 14.7 Å². The van der Waals surface area contributed by atoms with Crippen LogP contribution in [0.2, 0.25) is 0 Å². The van der Waals surface area contributed by atoms with Gasteiger partial charge in [-0.3, -0.25) is 10.0 Å². The van der Waals surface area contributed by atoms with Gasteiger partial charge in [-0.05, 0) is 17.7 Å². The quantitative estimate of drug-likeness (QED) is 0.586. The van der Waals surface area contributed by atoms with E-state index in [4.69, 9.17) is 9.94 Å². The zero-order chi connectivity index (χ0) is 10.8. The molecule has 2 rings (SSSR count). The Hall–Kier alpha value is -1.46. The van der Waals surface area contributed by atoms with E-state index in [2.05, 4.69) is 4.53 Å². The summed E-state index contributed by atoms with van der Waals surface area (Å²) in [5, 5.41) is 9.30. The van der Waals surface area contributed by atoms with Crippen molar-refractivity contribution in [3.8, 4) is 0 Å². The second-order valence-electron chi connectivity index (χ2n) is 2.96. The molecular formula is C10H9NO3S. The van der Waals surface area contributed by atoms with Crippen LogP contribution in [-0.2, 0) is 20.2 Å². The maximum absolute atomic E-state index is 10.8. The van der Waals surface area contributed by atoms with Gasteiger partial charge in [-0.25, -0.2) is 0 Å². The minimum absolute atomic E-state index is 0.395. The Labute approximate surface area is 89.2 Å². The third-order valence-corrected chi connectivity index (χ3v) is 3.45. The van der Waals surface area contributed by atoms with Crippen LogP contribution in [-0.4, -0.2) is 11.2 Å². The van der Waals surface area contributed by atoms with Gasteiger partial charge in [-0.15, -0.1) is 4.53 Å². The maximum atomic E-state index is 10.8. The van der Waals surface area contributed by atoms with Crippen LogP contribution in [0.1, 0.15) is 12.5 Å². The van der Waals surface area contributed by atoms with Crippen molar-refractivity contribution >= 4 is 22.7 Å². The monoisotopic (exact) mass is 223 g/mol. The molecule has 0 aromatic heterocycles. The van der Waals surface area contributed by atoms with Gasteiger partial charge in [0.15, 0.2) is 5.09 Å². The lowest BCUT2D eigenvalue weighted by Gasteiger charge is -2.03. The molecule has 0 aliphatic carbocycles. The molecule has 78 valence electrons. The van der Waals surface area contributed by atoms with Crippen molar-refractivity contribution in [2.45, 2.75) is 11.8 Å². The molecule has 1 unspecified atom stereocenters. The molecule has 1 aromatic rings. The van der Waals surface area contributed by atoms with Crippen molar-refractivity contribution in [2.24, 2.45) is 4.53 Å². The number of rotatable bonds is 1. The normalized spacial score (nSPS) is 18.5. The van der Waals surface area contributed by atoms with E-state index >= 15 is 0 Å². The van der Waals surface area contributed by atoms with Crippen LogP contribution < -0.4 is 0 Å². The minimum Gasteiger partial charge on any atom is -0.418 e. The number of carbonyl (C=O) groups excluding carboxylic acids is 1. The maximum Gasteiger partial charge on any atom is 0.308 e. The van der Waals surface area contributed by atoms with Crippen LogP contribution in [0, 0.1) is 0 Å². The predicted molar refractivity (Wildman–Crippen MR) is 56.0 cm³/mol. The molecule has 1 heterocycles. The molecule has 1 aromatic carbocycles. The Kier molecular flexibility index (Phi) is 2.66. The SMILES string of the molecule is CC(=O)OC1=Cc2ccccc2S1=NO. The lowest BCUT2D eigenvalue weighted by Crippen LogP contribution is -2.01. The van der Waals surface area contributed by atoms with E-state index in [0.29, 0.717) is 5.09 Å². The number of carbonyl (C=O) groups is 1. The van der Waals surface area contributed by atoms with Gasteiger partial charge < -0.3 is 4.74 Å². The van der Waals surface area contributed by atoms with Gasteiger partial charge in [0.05, 0.1) is 0 Å². The highest BCUT2D eigenvalue weighted by Crippen LogP contribution is 2.31. The van der Waals surface area contributed by atoms with Gasteiger partial charge in [0, 0.05) is 22.5 Å². The van der Waals surface area contributed by atoms with Crippen LogP contribution in [0.4, 0.5) is 0 Å². The average molecular weight is 223 g/mol. The lowest BCUT2D eigenvalue weighted by atomic mass is 10.2. The number of fused-ring (bicyclic) bond motifs is 1. The molecule has 5 heteroatoms. The molecule has 1 atom stereocenters. The van der Waals surface area contributed by atoms with E-state index in [9.17, 15) is 4.79 Å². The first-order chi connectivity index (χ1) is 7.22. The Balaban J connectivity index is 2.43. The van der Waals surface area contributed by atoms with Crippen molar-refractivity contribution in [3.05, 3.63) is 34.9 Å². The van der Waals surface area contributed by atoms with Gasteiger partial charge in [0.1, 0.15) is 0 Å². The number of ether oxygens (including phenoxy) is 1. The van der Waals surface area contributed by atoms with Crippen molar-refractivity contribution in [2.75, 3.05) is 0 Å². The van der Waals surface area contributed by atoms with Crippen molar-refractivity contribution in [3.63, 3.8) is 0 Å². The standard InChI is InChI=1S/C10H9NO3S/c1-7(12)14-10-6-8-4-2-3-5-9(8)15(10)11-13/h2-6,13H,1H3. The number of hydrogen-bond donors (Lipinski definition) is 1. The van der Waals surface area contributed by atoms with Gasteiger partial charge in [-0.1, -0.05) is 18.2 Å². The molecule has 1 N–H and O–H groups in total. The van der Waals surface area contributed by atoms with E-state index in [1.807, 2.05) is 24.3 Å². The third-order valence-electron chi connectivity index (χ3n) is 1.92. The number of esters is 1.